The van der Waals surface area contributed by atoms with Gasteiger partial charge in [0.05, 0.1) is 10.6 Å². The third-order valence-electron chi connectivity index (χ3n) is 3.67. The summed E-state index contributed by atoms with van der Waals surface area (Å²) >= 11 is 5.84. The zero-order valence-electron chi connectivity index (χ0n) is 14.0. The Hall–Kier alpha value is -2.96. The summed E-state index contributed by atoms with van der Waals surface area (Å²) in [5, 5.41) is 3.88. The van der Waals surface area contributed by atoms with E-state index in [1.165, 1.54) is 12.1 Å². The standard InChI is InChI=1S/C20H15ClN2O3S/c21-16-11-13-17(14-12-16)22-23-20(19(24)15-7-3-1-4-8-15)27(25,26)18-9-5-2-6-10-18/h1-14,22H. The highest BCUT2D eigenvalue weighted by Crippen LogP contribution is 2.18. The van der Waals surface area contributed by atoms with Crippen molar-refractivity contribution in [3.05, 3.63) is 95.5 Å². The van der Waals surface area contributed by atoms with E-state index in [2.05, 4.69) is 10.5 Å². The van der Waals surface area contributed by atoms with Gasteiger partial charge in [0.1, 0.15) is 0 Å². The Balaban J connectivity index is 2.04. The van der Waals surface area contributed by atoms with Gasteiger partial charge in [0.25, 0.3) is 0 Å². The summed E-state index contributed by atoms with van der Waals surface area (Å²) in [7, 11) is -4.11. The van der Waals surface area contributed by atoms with Crippen LogP contribution in [0.4, 0.5) is 5.69 Å². The number of sulfone groups is 1. The monoisotopic (exact) mass is 398 g/mol. The molecule has 136 valence electrons. The molecular formula is C20H15ClN2O3S. The number of nitrogens with zero attached hydrogens (tertiary/aromatic N) is 1. The number of benzene rings is 3. The first-order chi connectivity index (χ1) is 13.0. The fraction of sp³-hybridized carbons (Fsp3) is 0. The van der Waals surface area contributed by atoms with E-state index in [0.29, 0.717) is 10.7 Å². The topological polar surface area (TPSA) is 75.6 Å². The SMILES string of the molecule is O=C(C(=NNc1ccc(Cl)cc1)S(=O)(=O)c1ccccc1)c1ccccc1. The first kappa shape index (κ1) is 18.8. The van der Waals surface area contributed by atoms with Crippen LogP contribution in [0.1, 0.15) is 10.4 Å². The van der Waals surface area contributed by atoms with E-state index in [0.717, 1.165) is 0 Å². The number of halogens is 1. The lowest BCUT2D eigenvalue weighted by atomic mass is 10.1. The highest BCUT2D eigenvalue weighted by Gasteiger charge is 2.30. The van der Waals surface area contributed by atoms with Crippen LogP contribution in [0.5, 0.6) is 0 Å². The number of anilines is 1. The van der Waals surface area contributed by atoms with Gasteiger partial charge in [-0.25, -0.2) is 8.42 Å². The van der Waals surface area contributed by atoms with Crippen molar-refractivity contribution in [1.29, 1.82) is 0 Å². The van der Waals surface area contributed by atoms with Gasteiger partial charge in [0, 0.05) is 10.6 Å². The van der Waals surface area contributed by atoms with E-state index < -0.39 is 20.7 Å². The maximum absolute atomic E-state index is 13.0. The molecule has 7 heteroatoms. The van der Waals surface area contributed by atoms with E-state index in [1.807, 2.05) is 0 Å². The molecule has 0 saturated heterocycles. The van der Waals surface area contributed by atoms with Gasteiger partial charge >= 0.3 is 0 Å². The summed E-state index contributed by atoms with van der Waals surface area (Å²) in [5.41, 5.74) is 3.36. The number of hydrogen-bond donors (Lipinski definition) is 1. The Morgan fingerprint density at radius 2 is 1.37 bits per heavy atom. The number of ketones is 1. The predicted octanol–water partition coefficient (Wildman–Crippen LogP) is 4.42. The molecule has 0 unspecified atom stereocenters. The molecule has 3 aromatic carbocycles. The Morgan fingerprint density at radius 1 is 0.815 bits per heavy atom. The van der Waals surface area contributed by atoms with E-state index in [4.69, 9.17) is 11.6 Å². The highest BCUT2D eigenvalue weighted by atomic mass is 35.5. The molecule has 0 radical (unpaired) electrons. The summed E-state index contributed by atoms with van der Waals surface area (Å²) in [5.74, 6) is -0.694. The van der Waals surface area contributed by atoms with Crippen LogP contribution in [0.3, 0.4) is 0 Å². The molecule has 0 aliphatic rings. The first-order valence-electron chi connectivity index (χ1n) is 7.97. The summed E-state index contributed by atoms with van der Waals surface area (Å²) in [6.07, 6.45) is 0. The van der Waals surface area contributed by atoms with Crippen molar-refractivity contribution < 1.29 is 13.2 Å². The number of nitrogens with one attached hydrogen (secondary N) is 1. The van der Waals surface area contributed by atoms with Crippen molar-refractivity contribution in [3.63, 3.8) is 0 Å². The number of Topliss-reactive ketones (excluding diaryl/α,β-unsaturated/α-hetero) is 1. The molecule has 0 atom stereocenters. The van der Waals surface area contributed by atoms with Gasteiger partial charge in [0.2, 0.25) is 20.7 Å². The Labute approximate surface area is 162 Å². The molecule has 3 aromatic rings. The predicted molar refractivity (Wildman–Crippen MR) is 107 cm³/mol. The molecule has 0 bridgehead atoms. The van der Waals surface area contributed by atoms with Crippen LogP contribution >= 0.6 is 11.6 Å². The van der Waals surface area contributed by atoms with Gasteiger partial charge in [-0.2, -0.15) is 5.10 Å². The lowest BCUT2D eigenvalue weighted by molar-refractivity contribution is 0.106. The maximum atomic E-state index is 13.0. The smallest absolute Gasteiger partial charge is 0.229 e. The minimum Gasteiger partial charge on any atom is -0.286 e. The zero-order chi connectivity index (χ0) is 19.3. The molecule has 0 aliphatic heterocycles. The summed E-state index contributed by atoms with van der Waals surface area (Å²) < 4.78 is 26.0. The molecule has 0 fully saturated rings. The Morgan fingerprint density at radius 3 is 1.96 bits per heavy atom. The molecule has 0 spiro atoms. The third kappa shape index (κ3) is 4.42. The molecule has 0 aromatic heterocycles. The lowest BCUT2D eigenvalue weighted by Crippen LogP contribution is -2.26. The second-order valence-electron chi connectivity index (χ2n) is 5.55. The number of rotatable bonds is 5. The van der Waals surface area contributed by atoms with E-state index in [1.54, 1.807) is 72.8 Å². The largest absolute Gasteiger partial charge is 0.286 e. The summed E-state index contributed by atoms with van der Waals surface area (Å²) in [4.78, 5) is 12.9. The van der Waals surface area contributed by atoms with Crippen molar-refractivity contribution in [1.82, 2.24) is 0 Å². The van der Waals surface area contributed by atoms with Crippen LogP contribution in [0.25, 0.3) is 0 Å². The fourth-order valence-corrected chi connectivity index (χ4v) is 3.69. The molecule has 1 N–H and O–H groups in total. The van der Waals surface area contributed by atoms with Crippen LogP contribution in [-0.4, -0.2) is 19.2 Å². The van der Waals surface area contributed by atoms with Crippen LogP contribution in [0, 0.1) is 0 Å². The first-order valence-corrected chi connectivity index (χ1v) is 9.84. The number of carbonyl (C=O) groups is 1. The molecule has 27 heavy (non-hydrogen) atoms. The highest BCUT2D eigenvalue weighted by molar-refractivity contribution is 8.08. The zero-order valence-corrected chi connectivity index (χ0v) is 15.6. The molecule has 0 aliphatic carbocycles. The summed E-state index contributed by atoms with van der Waals surface area (Å²) in [6.45, 7) is 0. The van der Waals surface area contributed by atoms with Crippen LogP contribution in [0.15, 0.2) is 94.9 Å². The van der Waals surface area contributed by atoms with Crippen molar-refractivity contribution in [2.75, 3.05) is 5.43 Å². The van der Waals surface area contributed by atoms with Gasteiger partial charge < -0.3 is 0 Å². The van der Waals surface area contributed by atoms with Gasteiger partial charge in [-0.05, 0) is 36.4 Å². The Bertz CT molecular complexity index is 1070. The van der Waals surface area contributed by atoms with E-state index in [-0.39, 0.29) is 10.5 Å². The minimum atomic E-state index is -4.11. The average molecular weight is 399 g/mol. The van der Waals surface area contributed by atoms with Crippen LogP contribution in [-0.2, 0) is 9.84 Å². The molecular weight excluding hydrogens is 384 g/mol. The van der Waals surface area contributed by atoms with Crippen LogP contribution in [0.2, 0.25) is 5.02 Å². The third-order valence-corrected chi connectivity index (χ3v) is 5.60. The van der Waals surface area contributed by atoms with Gasteiger partial charge in [-0.15, -0.1) is 0 Å². The van der Waals surface area contributed by atoms with Crippen molar-refractivity contribution in [2.24, 2.45) is 5.10 Å². The maximum Gasteiger partial charge on any atom is 0.229 e. The van der Waals surface area contributed by atoms with Crippen molar-refractivity contribution in [2.45, 2.75) is 4.90 Å². The lowest BCUT2D eigenvalue weighted by Gasteiger charge is -2.09. The van der Waals surface area contributed by atoms with E-state index >= 15 is 0 Å². The minimum absolute atomic E-state index is 0.00839. The van der Waals surface area contributed by atoms with Gasteiger partial charge in [-0.3, -0.25) is 10.2 Å². The number of hydrogen-bond acceptors (Lipinski definition) is 5. The second-order valence-corrected chi connectivity index (χ2v) is 7.85. The van der Waals surface area contributed by atoms with Crippen LogP contribution < -0.4 is 5.43 Å². The normalized spacial score (nSPS) is 11.8. The fourth-order valence-electron chi connectivity index (χ4n) is 2.30. The summed E-state index contributed by atoms with van der Waals surface area (Å²) in [6, 6.07) is 22.4. The average Bonchev–Trinajstić information content (AvgIpc) is 2.70. The van der Waals surface area contributed by atoms with Gasteiger partial charge in [-0.1, -0.05) is 60.1 Å². The Kier molecular flexibility index (Phi) is 5.69. The van der Waals surface area contributed by atoms with Crippen molar-refractivity contribution in [3.8, 4) is 0 Å². The second kappa shape index (κ2) is 8.16. The molecule has 3 rings (SSSR count). The number of hydrazone groups is 1. The molecule has 0 amide bonds. The van der Waals surface area contributed by atoms with Crippen molar-refractivity contribution >= 4 is 38.0 Å². The molecule has 5 nitrogen and oxygen atoms in total. The molecule has 0 saturated carbocycles. The molecule has 0 heterocycles. The van der Waals surface area contributed by atoms with E-state index in [9.17, 15) is 13.2 Å². The van der Waals surface area contributed by atoms with Gasteiger partial charge in [0.15, 0.2) is 0 Å². The number of carbonyl (C=O) groups excluding carboxylic acids is 1. The quantitative estimate of drug-likeness (QED) is 0.298.